The summed E-state index contributed by atoms with van der Waals surface area (Å²) >= 11 is 0. The van der Waals surface area contributed by atoms with E-state index in [2.05, 4.69) is 18.3 Å². The summed E-state index contributed by atoms with van der Waals surface area (Å²) in [5, 5.41) is 3.39. The molecule has 1 amide bonds. The van der Waals surface area contributed by atoms with Crippen LogP contribution in [0.25, 0.3) is 0 Å². The van der Waals surface area contributed by atoms with Crippen LogP contribution >= 0.6 is 0 Å². The highest BCUT2D eigenvalue weighted by atomic mass is 16.5. The molecule has 0 aliphatic carbocycles. The number of para-hydroxylation sites is 1. The molecule has 1 N–H and O–H groups in total. The first-order valence-electron chi connectivity index (χ1n) is 8.00. The van der Waals surface area contributed by atoms with E-state index in [4.69, 9.17) is 4.74 Å². The van der Waals surface area contributed by atoms with Crippen LogP contribution in [0.5, 0.6) is 5.75 Å². The number of nitrogens with one attached hydrogen (secondary N) is 1. The Morgan fingerprint density at radius 2 is 2.19 bits per heavy atom. The summed E-state index contributed by atoms with van der Waals surface area (Å²) in [6, 6.07) is 6.08. The first kappa shape index (κ1) is 14.2. The van der Waals surface area contributed by atoms with Gasteiger partial charge >= 0.3 is 0 Å². The summed E-state index contributed by atoms with van der Waals surface area (Å²) < 4.78 is 5.79. The largest absolute Gasteiger partial charge is 0.482 e. The number of ether oxygens (including phenoxy) is 1. The van der Waals surface area contributed by atoms with Gasteiger partial charge in [-0.05, 0) is 43.2 Å². The smallest absolute Gasteiger partial charge is 0.260 e. The lowest BCUT2D eigenvalue weighted by molar-refractivity contribution is -0.134. The van der Waals surface area contributed by atoms with Crippen molar-refractivity contribution < 1.29 is 9.53 Å². The molecule has 0 bridgehead atoms. The Kier molecular flexibility index (Phi) is 4.32. The Bertz CT molecular complexity index is 508. The zero-order valence-corrected chi connectivity index (χ0v) is 12.7. The Morgan fingerprint density at radius 3 is 3.00 bits per heavy atom. The first-order chi connectivity index (χ1) is 10.2. The van der Waals surface area contributed by atoms with Crippen molar-refractivity contribution >= 4 is 11.6 Å². The van der Waals surface area contributed by atoms with E-state index in [0.717, 1.165) is 62.7 Å². The van der Waals surface area contributed by atoms with Gasteiger partial charge in [0.1, 0.15) is 5.75 Å². The fourth-order valence-corrected chi connectivity index (χ4v) is 3.09. The first-order valence-corrected chi connectivity index (χ1v) is 8.00. The SMILES string of the molecule is CC1CCN(C(=O)COc2cccc3c2NCCC3)CC1. The minimum absolute atomic E-state index is 0.107. The number of benzene rings is 1. The van der Waals surface area contributed by atoms with Crippen LogP contribution in [0.15, 0.2) is 18.2 Å². The predicted octanol–water partition coefficient (Wildman–Crippen LogP) is 2.68. The molecule has 1 aromatic rings. The summed E-state index contributed by atoms with van der Waals surface area (Å²) in [4.78, 5) is 14.2. The van der Waals surface area contributed by atoms with Gasteiger partial charge in [0.05, 0.1) is 5.69 Å². The Morgan fingerprint density at radius 1 is 1.38 bits per heavy atom. The van der Waals surface area contributed by atoms with Gasteiger partial charge in [-0.25, -0.2) is 0 Å². The van der Waals surface area contributed by atoms with Crippen molar-refractivity contribution in [3.63, 3.8) is 0 Å². The Balaban J connectivity index is 1.59. The summed E-state index contributed by atoms with van der Waals surface area (Å²) in [7, 11) is 0. The molecular weight excluding hydrogens is 264 g/mol. The van der Waals surface area contributed by atoms with Gasteiger partial charge in [-0.3, -0.25) is 4.79 Å². The zero-order valence-electron chi connectivity index (χ0n) is 12.7. The molecule has 0 aromatic heterocycles. The third-order valence-corrected chi connectivity index (χ3v) is 4.52. The third-order valence-electron chi connectivity index (χ3n) is 4.52. The van der Waals surface area contributed by atoms with Crippen LogP contribution in [0.1, 0.15) is 31.7 Å². The molecule has 21 heavy (non-hydrogen) atoms. The fraction of sp³-hybridized carbons (Fsp3) is 0.588. The van der Waals surface area contributed by atoms with E-state index in [1.165, 1.54) is 5.56 Å². The van der Waals surface area contributed by atoms with Crippen molar-refractivity contribution in [3.05, 3.63) is 23.8 Å². The zero-order chi connectivity index (χ0) is 14.7. The number of nitrogens with zero attached hydrogens (tertiary/aromatic N) is 1. The minimum atomic E-state index is 0.107. The van der Waals surface area contributed by atoms with Crippen LogP contribution in [-0.4, -0.2) is 37.0 Å². The van der Waals surface area contributed by atoms with Crippen LogP contribution in [-0.2, 0) is 11.2 Å². The van der Waals surface area contributed by atoms with Gasteiger partial charge in [-0.2, -0.15) is 0 Å². The van der Waals surface area contributed by atoms with E-state index < -0.39 is 0 Å². The van der Waals surface area contributed by atoms with E-state index in [-0.39, 0.29) is 12.5 Å². The molecule has 2 aliphatic rings. The number of carbonyl (C=O) groups excluding carboxylic acids is 1. The second-order valence-electron chi connectivity index (χ2n) is 6.17. The highest BCUT2D eigenvalue weighted by Gasteiger charge is 2.21. The average molecular weight is 288 g/mol. The molecule has 0 spiro atoms. The van der Waals surface area contributed by atoms with Gasteiger partial charge in [0.2, 0.25) is 0 Å². The molecule has 2 aliphatic heterocycles. The average Bonchev–Trinajstić information content (AvgIpc) is 2.53. The quantitative estimate of drug-likeness (QED) is 0.930. The molecule has 1 fully saturated rings. The highest BCUT2D eigenvalue weighted by Crippen LogP contribution is 2.32. The molecule has 4 nitrogen and oxygen atoms in total. The Labute approximate surface area is 126 Å². The molecule has 0 atom stereocenters. The number of aryl methyl sites for hydroxylation is 1. The maximum absolute atomic E-state index is 12.2. The second-order valence-corrected chi connectivity index (χ2v) is 6.17. The number of anilines is 1. The van der Waals surface area contributed by atoms with Crippen molar-refractivity contribution in [2.45, 2.75) is 32.6 Å². The van der Waals surface area contributed by atoms with Crippen molar-refractivity contribution in [2.24, 2.45) is 5.92 Å². The van der Waals surface area contributed by atoms with E-state index in [0.29, 0.717) is 0 Å². The third kappa shape index (κ3) is 3.31. The molecular formula is C17H24N2O2. The van der Waals surface area contributed by atoms with Crippen LogP contribution in [0, 0.1) is 5.92 Å². The van der Waals surface area contributed by atoms with Gasteiger partial charge in [0.25, 0.3) is 5.91 Å². The number of hydrogen-bond acceptors (Lipinski definition) is 3. The molecule has 3 rings (SSSR count). The molecule has 0 unspecified atom stereocenters. The number of fused-ring (bicyclic) bond motifs is 1. The predicted molar refractivity (Wildman–Crippen MR) is 83.7 cm³/mol. The van der Waals surface area contributed by atoms with E-state index in [1.807, 2.05) is 17.0 Å². The van der Waals surface area contributed by atoms with Crippen molar-refractivity contribution in [1.29, 1.82) is 0 Å². The van der Waals surface area contributed by atoms with Crippen LogP contribution in [0.2, 0.25) is 0 Å². The van der Waals surface area contributed by atoms with Gasteiger partial charge in [0.15, 0.2) is 6.61 Å². The van der Waals surface area contributed by atoms with Crippen molar-refractivity contribution in [2.75, 3.05) is 31.6 Å². The van der Waals surface area contributed by atoms with Crippen LogP contribution in [0.3, 0.4) is 0 Å². The van der Waals surface area contributed by atoms with Crippen LogP contribution in [0.4, 0.5) is 5.69 Å². The summed E-state index contributed by atoms with van der Waals surface area (Å²) in [6.45, 7) is 5.11. The normalized spacial score (nSPS) is 18.8. The number of hydrogen-bond donors (Lipinski definition) is 1. The number of piperidine rings is 1. The topological polar surface area (TPSA) is 41.6 Å². The lowest BCUT2D eigenvalue weighted by atomic mass is 9.99. The monoisotopic (exact) mass is 288 g/mol. The molecule has 2 heterocycles. The van der Waals surface area contributed by atoms with Crippen molar-refractivity contribution in [1.82, 2.24) is 4.90 Å². The fourth-order valence-electron chi connectivity index (χ4n) is 3.09. The number of likely N-dealkylation sites (tertiary alicyclic amines) is 1. The van der Waals surface area contributed by atoms with Crippen molar-refractivity contribution in [3.8, 4) is 5.75 Å². The van der Waals surface area contributed by atoms with Gasteiger partial charge in [0, 0.05) is 19.6 Å². The summed E-state index contributed by atoms with van der Waals surface area (Å²) in [5.74, 6) is 1.65. The van der Waals surface area contributed by atoms with Gasteiger partial charge < -0.3 is 15.0 Å². The standard InChI is InChI=1S/C17H24N2O2/c1-13-7-10-19(11-8-13)16(20)12-21-15-6-2-4-14-5-3-9-18-17(14)15/h2,4,6,13,18H,3,5,7-12H2,1H3. The highest BCUT2D eigenvalue weighted by molar-refractivity contribution is 5.78. The van der Waals surface area contributed by atoms with Gasteiger partial charge in [-0.15, -0.1) is 0 Å². The molecule has 1 saturated heterocycles. The van der Waals surface area contributed by atoms with E-state index >= 15 is 0 Å². The van der Waals surface area contributed by atoms with Gasteiger partial charge in [-0.1, -0.05) is 19.1 Å². The number of rotatable bonds is 3. The molecule has 4 heteroatoms. The minimum Gasteiger partial charge on any atom is -0.482 e. The lowest BCUT2D eigenvalue weighted by Crippen LogP contribution is -2.40. The van der Waals surface area contributed by atoms with Crippen LogP contribution < -0.4 is 10.1 Å². The lowest BCUT2D eigenvalue weighted by Gasteiger charge is -2.30. The maximum Gasteiger partial charge on any atom is 0.260 e. The maximum atomic E-state index is 12.2. The number of carbonyl (C=O) groups is 1. The Hall–Kier alpha value is -1.71. The second kappa shape index (κ2) is 6.37. The summed E-state index contributed by atoms with van der Waals surface area (Å²) in [6.07, 6.45) is 4.45. The molecule has 114 valence electrons. The molecule has 0 saturated carbocycles. The summed E-state index contributed by atoms with van der Waals surface area (Å²) in [5.41, 5.74) is 2.36. The molecule has 1 aromatic carbocycles. The molecule has 0 radical (unpaired) electrons. The van der Waals surface area contributed by atoms with E-state index in [9.17, 15) is 4.79 Å². The van der Waals surface area contributed by atoms with E-state index in [1.54, 1.807) is 0 Å². The number of amides is 1.